The van der Waals surface area contributed by atoms with E-state index in [1.807, 2.05) is 25.3 Å². The van der Waals surface area contributed by atoms with Gasteiger partial charge in [0.25, 0.3) is 0 Å². The minimum atomic E-state index is -0.271. The van der Waals surface area contributed by atoms with E-state index in [1.165, 1.54) is 5.56 Å². The molecule has 0 aromatic carbocycles. The van der Waals surface area contributed by atoms with Crippen LogP contribution in [0.15, 0.2) is 18.3 Å². The van der Waals surface area contributed by atoms with E-state index in [2.05, 4.69) is 18.8 Å². The summed E-state index contributed by atoms with van der Waals surface area (Å²) in [5.41, 5.74) is 2.03. The predicted octanol–water partition coefficient (Wildman–Crippen LogP) is 2.96. The largest absolute Gasteiger partial charge is 0.371 e. The Kier molecular flexibility index (Phi) is 6.58. The molecule has 1 heterocycles. The summed E-state index contributed by atoms with van der Waals surface area (Å²) in [7, 11) is 0. The Morgan fingerprint density at radius 1 is 1.33 bits per heavy atom. The molecule has 1 aromatic rings. The fourth-order valence-corrected chi connectivity index (χ4v) is 1.86. The Labute approximate surface area is 110 Å². The van der Waals surface area contributed by atoms with E-state index >= 15 is 0 Å². The molecule has 0 amide bonds. The van der Waals surface area contributed by atoms with Gasteiger partial charge >= 0.3 is 0 Å². The number of carbonyl (C=O) groups is 1. The summed E-state index contributed by atoms with van der Waals surface area (Å²) in [6.45, 7) is 6.66. The molecule has 0 aliphatic heterocycles. The first-order chi connectivity index (χ1) is 8.71. The molecule has 0 fully saturated rings. The summed E-state index contributed by atoms with van der Waals surface area (Å²) in [4.78, 5) is 16.4. The molecule has 0 bridgehead atoms. The summed E-state index contributed by atoms with van der Waals surface area (Å²) in [5.74, 6) is 0.135. The van der Waals surface area contributed by atoms with Crippen LogP contribution in [0.3, 0.4) is 0 Å². The normalized spacial score (nSPS) is 12.4. The highest BCUT2D eigenvalue weighted by molar-refractivity contribution is 5.84. The highest BCUT2D eigenvalue weighted by Crippen LogP contribution is 2.08. The molecule has 0 aliphatic carbocycles. The van der Waals surface area contributed by atoms with Gasteiger partial charge in [-0.2, -0.15) is 0 Å². The van der Waals surface area contributed by atoms with Gasteiger partial charge < -0.3 is 4.74 Å². The zero-order valence-electron chi connectivity index (χ0n) is 11.6. The second kappa shape index (κ2) is 7.98. The van der Waals surface area contributed by atoms with Gasteiger partial charge in [0.15, 0.2) is 5.78 Å². The smallest absolute Gasteiger partial charge is 0.167 e. The molecule has 3 nitrogen and oxygen atoms in total. The lowest BCUT2D eigenvalue weighted by Gasteiger charge is -2.14. The van der Waals surface area contributed by atoms with Gasteiger partial charge in [-0.15, -0.1) is 0 Å². The van der Waals surface area contributed by atoms with E-state index in [0.717, 1.165) is 25.0 Å². The summed E-state index contributed by atoms with van der Waals surface area (Å²) in [6, 6.07) is 3.97. The van der Waals surface area contributed by atoms with Gasteiger partial charge in [0.2, 0.25) is 0 Å². The zero-order chi connectivity index (χ0) is 13.4. The second-order valence-electron chi connectivity index (χ2n) is 4.39. The number of aryl methyl sites for hydroxylation is 1. The fraction of sp³-hybridized carbons (Fsp3) is 0.600. The molecular weight excluding hydrogens is 226 g/mol. The Morgan fingerprint density at radius 2 is 2.11 bits per heavy atom. The second-order valence-corrected chi connectivity index (χ2v) is 4.39. The lowest BCUT2D eigenvalue weighted by molar-refractivity contribution is -0.130. The topological polar surface area (TPSA) is 39.2 Å². The first-order valence-corrected chi connectivity index (χ1v) is 6.79. The summed E-state index contributed by atoms with van der Waals surface area (Å²) in [5, 5.41) is 0. The third-order valence-corrected chi connectivity index (χ3v) is 2.93. The van der Waals surface area contributed by atoms with Crippen LogP contribution in [0, 0.1) is 0 Å². The van der Waals surface area contributed by atoms with E-state index in [1.54, 1.807) is 0 Å². The first-order valence-electron chi connectivity index (χ1n) is 6.79. The minimum Gasteiger partial charge on any atom is -0.371 e. The molecule has 0 saturated heterocycles. The maximum absolute atomic E-state index is 12.1. The molecule has 18 heavy (non-hydrogen) atoms. The van der Waals surface area contributed by atoms with Crippen LogP contribution in [0.25, 0.3) is 0 Å². The van der Waals surface area contributed by atoms with Crippen molar-refractivity contribution in [1.82, 2.24) is 4.98 Å². The van der Waals surface area contributed by atoms with E-state index in [0.29, 0.717) is 13.0 Å². The Balaban J connectivity index is 2.60. The lowest BCUT2D eigenvalue weighted by atomic mass is 10.1. The number of carbonyl (C=O) groups excluding carboxylic acids is 1. The molecule has 3 heteroatoms. The van der Waals surface area contributed by atoms with Crippen molar-refractivity contribution in [2.24, 2.45) is 0 Å². The highest BCUT2D eigenvalue weighted by Gasteiger charge is 2.18. The van der Waals surface area contributed by atoms with Crippen molar-refractivity contribution in [1.29, 1.82) is 0 Å². The van der Waals surface area contributed by atoms with Gasteiger partial charge in [0.05, 0.1) is 6.42 Å². The lowest BCUT2D eigenvalue weighted by Crippen LogP contribution is -2.26. The fourth-order valence-electron chi connectivity index (χ4n) is 1.86. The molecule has 1 aromatic heterocycles. The van der Waals surface area contributed by atoms with Crippen molar-refractivity contribution >= 4 is 5.78 Å². The van der Waals surface area contributed by atoms with E-state index in [4.69, 9.17) is 4.74 Å². The number of hydrogen-bond acceptors (Lipinski definition) is 3. The monoisotopic (exact) mass is 249 g/mol. The third kappa shape index (κ3) is 4.57. The molecular formula is C15H23NO2. The van der Waals surface area contributed by atoms with Gasteiger partial charge in [-0.25, -0.2) is 0 Å². The van der Waals surface area contributed by atoms with E-state index in [9.17, 15) is 4.79 Å². The molecule has 0 aliphatic rings. The minimum absolute atomic E-state index is 0.135. The van der Waals surface area contributed by atoms with Crippen molar-refractivity contribution in [2.45, 2.75) is 52.6 Å². The van der Waals surface area contributed by atoms with Crippen molar-refractivity contribution in [3.8, 4) is 0 Å². The van der Waals surface area contributed by atoms with Crippen molar-refractivity contribution in [2.75, 3.05) is 6.61 Å². The van der Waals surface area contributed by atoms with Crippen molar-refractivity contribution < 1.29 is 9.53 Å². The standard InChI is InChI=1S/C15H23NO2/c1-4-7-15(18-6-3)14(17)10-13-9-8-12(5-2)11-16-13/h8-9,11,15H,4-7,10H2,1-3H3. The number of ether oxygens (including phenoxy) is 1. The average Bonchev–Trinajstić information content (AvgIpc) is 2.39. The molecule has 1 rings (SSSR count). The first kappa shape index (κ1) is 14.8. The number of ketones is 1. The number of hydrogen-bond donors (Lipinski definition) is 0. The Hall–Kier alpha value is -1.22. The average molecular weight is 249 g/mol. The predicted molar refractivity (Wildman–Crippen MR) is 72.6 cm³/mol. The van der Waals surface area contributed by atoms with Gasteiger partial charge in [-0.1, -0.05) is 26.3 Å². The van der Waals surface area contributed by atoms with Crippen LogP contribution in [-0.4, -0.2) is 23.5 Å². The number of rotatable bonds is 8. The van der Waals surface area contributed by atoms with Gasteiger partial charge in [-0.3, -0.25) is 9.78 Å². The molecule has 0 spiro atoms. The summed E-state index contributed by atoms with van der Waals surface area (Å²) >= 11 is 0. The number of Topliss-reactive ketones (excluding diaryl/α,β-unsaturated/α-hetero) is 1. The van der Waals surface area contributed by atoms with Crippen LogP contribution >= 0.6 is 0 Å². The van der Waals surface area contributed by atoms with E-state index in [-0.39, 0.29) is 11.9 Å². The molecule has 100 valence electrons. The van der Waals surface area contributed by atoms with Gasteiger partial charge in [0, 0.05) is 18.5 Å². The van der Waals surface area contributed by atoms with E-state index < -0.39 is 0 Å². The molecule has 0 radical (unpaired) electrons. The van der Waals surface area contributed by atoms with Crippen molar-refractivity contribution in [3.05, 3.63) is 29.6 Å². The van der Waals surface area contributed by atoms with Crippen LogP contribution in [0.2, 0.25) is 0 Å². The summed E-state index contributed by atoms with van der Waals surface area (Å²) in [6.07, 6.45) is 4.66. The molecule has 0 N–H and O–H groups in total. The molecule has 0 saturated carbocycles. The molecule has 1 unspecified atom stereocenters. The Morgan fingerprint density at radius 3 is 2.61 bits per heavy atom. The zero-order valence-corrected chi connectivity index (χ0v) is 11.6. The van der Waals surface area contributed by atoms with Crippen LogP contribution in [-0.2, 0) is 22.4 Å². The van der Waals surface area contributed by atoms with Crippen LogP contribution in [0.1, 0.15) is 44.9 Å². The maximum atomic E-state index is 12.1. The van der Waals surface area contributed by atoms with Crippen LogP contribution in [0.5, 0.6) is 0 Å². The number of pyridine rings is 1. The van der Waals surface area contributed by atoms with Crippen LogP contribution < -0.4 is 0 Å². The quantitative estimate of drug-likeness (QED) is 0.711. The van der Waals surface area contributed by atoms with Crippen molar-refractivity contribution in [3.63, 3.8) is 0 Å². The maximum Gasteiger partial charge on any atom is 0.167 e. The molecule has 1 atom stereocenters. The highest BCUT2D eigenvalue weighted by atomic mass is 16.5. The van der Waals surface area contributed by atoms with Gasteiger partial charge in [0.1, 0.15) is 6.10 Å². The van der Waals surface area contributed by atoms with Crippen LogP contribution in [0.4, 0.5) is 0 Å². The Bertz CT molecular complexity index is 353. The third-order valence-electron chi connectivity index (χ3n) is 2.93. The number of nitrogens with zero attached hydrogens (tertiary/aromatic N) is 1. The van der Waals surface area contributed by atoms with Gasteiger partial charge in [-0.05, 0) is 31.4 Å². The number of aromatic nitrogens is 1. The SMILES string of the molecule is CCCC(OCC)C(=O)Cc1ccc(CC)cn1. The summed E-state index contributed by atoms with van der Waals surface area (Å²) < 4.78 is 5.48.